The van der Waals surface area contributed by atoms with Gasteiger partial charge >= 0.3 is 0 Å². The number of hydrogen-bond acceptors (Lipinski definition) is 2. The minimum absolute atomic E-state index is 0.323. The first-order valence-corrected chi connectivity index (χ1v) is 7.49. The third-order valence-electron chi connectivity index (χ3n) is 4.31. The quantitative estimate of drug-likeness (QED) is 0.588. The second-order valence-corrected chi connectivity index (χ2v) is 5.31. The molecule has 0 saturated carbocycles. The van der Waals surface area contributed by atoms with Crippen molar-refractivity contribution in [2.45, 2.75) is 77.8 Å². The SMILES string of the molecule is CCCCCC(NCC)C(CC)(CC)N(C)C. The molecule has 2 nitrogen and oxygen atoms in total. The number of unbranched alkanes of at least 4 members (excludes halogenated alkanes) is 2. The van der Waals surface area contributed by atoms with Crippen LogP contribution in [0.2, 0.25) is 0 Å². The molecule has 1 unspecified atom stereocenters. The molecule has 0 aromatic carbocycles. The summed E-state index contributed by atoms with van der Waals surface area (Å²) in [6.07, 6.45) is 7.77. The van der Waals surface area contributed by atoms with Crippen LogP contribution in [0, 0.1) is 0 Å². The van der Waals surface area contributed by atoms with Crippen LogP contribution >= 0.6 is 0 Å². The van der Waals surface area contributed by atoms with Gasteiger partial charge in [0.15, 0.2) is 0 Å². The van der Waals surface area contributed by atoms with E-state index >= 15 is 0 Å². The molecule has 0 aliphatic rings. The molecule has 0 radical (unpaired) electrons. The topological polar surface area (TPSA) is 15.3 Å². The van der Waals surface area contributed by atoms with Crippen LogP contribution in [-0.2, 0) is 0 Å². The maximum absolute atomic E-state index is 3.72. The van der Waals surface area contributed by atoms with Gasteiger partial charge in [-0.25, -0.2) is 0 Å². The average Bonchev–Trinajstić information content (AvgIpc) is 2.31. The molecule has 0 aromatic heterocycles. The molecule has 0 saturated heterocycles. The molecule has 2 heteroatoms. The Kier molecular flexibility index (Phi) is 8.89. The summed E-state index contributed by atoms with van der Waals surface area (Å²) in [5.74, 6) is 0. The van der Waals surface area contributed by atoms with Gasteiger partial charge in [0.05, 0.1) is 0 Å². The van der Waals surface area contributed by atoms with Gasteiger partial charge < -0.3 is 10.2 Å². The van der Waals surface area contributed by atoms with Crippen LogP contribution in [0.4, 0.5) is 0 Å². The van der Waals surface area contributed by atoms with Crippen LogP contribution in [-0.4, -0.2) is 37.1 Å². The van der Waals surface area contributed by atoms with Crippen LogP contribution in [0.3, 0.4) is 0 Å². The van der Waals surface area contributed by atoms with Crippen molar-refractivity contribution in [2.75, 3.05) is 20.6 Å². The fraction of sp³-hybridized carbons (Fsp3) is 1.00. The van der Waals surface area contributed by atoms with Crippen molar-refractivity contribution < 1.29 is 0 Å². The fourth-order valence-electron chi connectivity index (χ4n) is 3.09. The van der Waals surface area contributed by atoms with Crippen molar-refractivity contribution in [3.05, 3.63) is 0 Å². The highest BCUT2D eigenvalue weighted by Crippen LogP contribution is 2.28. The van der Waals surface area contributed by atoms with Crippen molar-refractivity contribution in [3.63, 3.8) is 0 Å². The Morgan fingerprint density at radius 2 is 1.59 bits per heavy atom. The average molecular weight is 242 g/mol. The van der Waals surface area contributed by atoms with E-state index in [1.165, 1.54) is 38.5 Å². The Balaban J connectivity index is 4.69. The van der Waals surface area contributed by atoms with Crippen LogP contribution in [0.15, 0.2) is 0 Å². The van der Waals surface area contributed by atoms with Gasteiger partial charge in [-0.3, -0.25) is 0 Å². The zero-order valence-corrected chi connectivity index (χ0v) is 13.0. The number of rotatable bonds is 10. The summed E-state index contributed by atoms with van der Waals surface area (Å²) in [5.41, 5.74) is 0.323. The van der Waals surface area contributed by atoms with Gasteiger partial charge in [0.2, 0.25) is 0 Å². The lowest BCUT2D eigenvalue weighted by Crippen LogP contribution is -2.58. The smallest absolute Gasteiger partial charge is 0.0351 e. The Bertz CT molecular complexity index is 174. The van der Waals surface area contributed by atoms with Crippen molar-refractivity contribution in [1.29, 1.82) is 0 Å². The maximum Gasteiger partial charge on any atom is 0.0351 e. The lowest BCUT2D eigenvalue weighted by atomic mass is 9.80. The highest BCUT2D eigenvalue weighted by Gasteiger charge is 2.36. The molecule has 0 rings (SSSR count). The molecule has 0 aliphatic carbocycles. The van der Waals surface area contributed by atoms with Crippen molar-refractivity contribution in [1.82, 2.24) is 10.2 Å². The fourth-order valence-corrected chi connectivity index (χ4v) is 3.09. The Hall–Kier alpha value is -0.0800. The second kappa shape index (κ2) is 8.93. The van der Waals surface area contributed by atoms with Gasteiger partial charge in [-0.15, -0.1) is 0 Å². The van der Waals surface area contributed by atoms with E-state index in [-0.39, 0.29) is 0 Å². The molecule has 0 spiro atoms. The number of hydrogen-bond donors (Lipinski definition) is 1. The molecule has 0 fully saturated rings. The van der Waals surface area contributed by atoms with Gasteiger partial charge in [-0.1, -0.05) is 47.0 Å². The zero-order chi connectivity index (χ0) is 13.3. The number of likely N-dealkylation sites (N-methyl/N-ethyl adjacent to an activating group) is 2. The molecule has 104 valence electrons. The summed E-state index contributed by atoms with van der Waals surface area (Å²) < 4.78 is 0. The van der Waals surface area contributed by atoms with Crippen LogP contribution in [0.5, 0.6) is 0 Å². The summed E-state index contributed by atoms with van der Waals surface area (Å²) in [6, 6.07) is 0.629. The molecule has 17 heavy (non-hydrogen) atoms. The molecule has 0 heterocycles. The van der Waals surface area contributed by atoms with E-state index in [1.807, 2.05) is 0 Å². The van der Waals surface area contributed by atoms with Crippen molar-refractivity contribution >= 4 is 0 Å². The third kappa shape index (κ3) is 4.59. The predicted octanol–water partition coefficient (Wildman–Crippen LogP) is 3.67. The van der Waals surface area contributed by atoms with Gasteiger partial charge in [0, 0.05) is 11.6 Å². The summed E-state index contributed by atoms with van der Waals surface area (Å²) in [6.45, 7) is 10.2. The van der Waals surface area contributed by atoms with E-state index in [0.717, 1.165) is 6.54 Å². The molecule has 0 amide bonds. The first-order chi connectivity index (χ1) is 8.08. The highest BCUT2D eigenvalue weighted by molar-refractivity contribution is 4.96. The van der Waals surface area contributed by atoms with E-state index in [1.54, 1.807) is 0 Å². The molecule has 1 atom stereocenters. The Morgan fingerprint density at radius 1 is 1.00 bits per heavy atom. The summed E-state index contributed by atoms with van der Waals surface area (Å²) >= 11 is 0. The molecule has 0 aromatic rings. The van der Waals surface area contributed by atoms with Crippen LogP contribution in [0.1, 0.15) is 66.2 Å². The van der Waals surface area contributed by atoms with Gasteiger partial charge in [0.25, 0.3) is 0 Å². The van der Waals surface area contributed by atoms with Crippen molar-refractivity contribution in [3.8, 4) is 0 Å². The number of nitrogens with one attached hydrogen (secondary N) is 1. The molecule has 1 N–H and O–H groups in total. The largest absolute Gasteiger partial charge is 0.312 e. The highest BCUT2D eigenvalue weighted by atomic mass is 15.2. The summed E-state index contributed by atoms with van der Waals surface area (Å²) in [4.78, 5) is 2.44. The van der Waals surface area contributed by atoms with Gasteiger partial charge in [0.1, 0.15) is 0 Å². The van der Waals surface area contributed by atoms with Crippen molar-refractivity contribution in [2.24, 2.45) is 0 Å². The van der Waals surface area contributed by atoms with Crippen LogP contribution < -0.4 is 5.32 Å². The van der Waals surface area contributed by atoms with Gasteiger partial charge in [-0.2, -0.15) is 0 Å². The normalized spacial score (nSPS) is 14.3. The first kappa shape index (κ1) is 16.9. The Morgan fingerprint density at radius 3 is 1.94 bits per heavy atom. The monoisotopic (exact) mass is 242 g/mol. The molecule has 0 aliphatic heterocycles. The lowest BCUT2D eigenvalue weighted by molar-refractivity contribution is 0.0836. The summed E-state index contributed by atoms with van der Waals surface area (Å²) in [5, 5.41) is 3.72. The van der Waals surface area contributed by atoms with E-state index in [9.17, 15) is 0 Å². The minimum Gasteiger partial charge on any atom is -0.312 e. The lowest BCUT2D eigenvalue weighted by Gasteiger charge is -2.45. The van der Waals surface area contributed by atoms with E-state index < -0.39 is 0 Å². The molecular formula is C15H34N2. The molecular weight excluding hydrogens is 208 g/mol. The maximum atomic E-state index is 3.72. The zero-order valence-electron chi connectivity index (χ0n) is 13.0. The van der Waals surface area contributed by atoms with Gasteiger partial charge in [-0.05, 0) is 39.9 Å². The third-order valence-corrected chi connectivity index (χ3v) is 4.31. The van der Waals surface area contributed by atoms with Crippen LogP contribution in [0.25, 0.3) is 0 Å². The minimum atomic E-state index is 0.323. The van der Waals surface area contributed by atoms with E-state index in [0.29, 0.717) is 11.6 Å². The molecule has 0 bridgehead atoms. The number of nitrogens with zero attached hydrogens (tertiary/aromatic N) is 1. The van der Waals surface area contributed by atoms with E-state index in [2.05, 4.69) is 52.0 Å². The Labute approximate surface area is 109 Å². The second-order valence-electron chi connectivity index (χ2n) is 5.31. The standard InChI is InChI=1S/C15H34N2/c1-7-11-12-13-14(16-10-4)15(8-2,9-3)17(5)6/h14,16H,7-13H2,1-6H3. The predicted molar refractivity (Wildman–Crippen MR) is 78.6 cm³/mol. The van der Waals surface area contributed by atoms with E-state index in [4.69, 9.17) is 0 Å². The first-order valence-electron chi connectivity index (χ1n) is 7.49. The summed E-state index contributed by atoms with van der Waals surface area (Å²) in [7, 11) is 4.47.